The molecule has 4 rings (SSSR count). The molecule has 31 heavy (non-hydrogen) atoms. The molecule has 2 saturated heterocycles. The summed E-state index contributed by atoms with van der Waals surface area (Å²) in [7, 11) is 0. The molecule has 1 aliphatic carbocycles. The number of likely N-dealkylation sites (tertiary alicyclic amines) is 2. The van der Waals surface area contributed by atoms with Crippen LogP contribution >= 0.6 is 0 Å². The van der Waals surface area contributed by atoms with Crippen LogP contribution in [-0.2, 0) is 4.74 Å². The van der Waals surface area contributed by atoms with Crippen molar-refractivity contribution < 1.29 is 4.74 Å². The lowest BCUT2D eigenvalue weighted by Crippen LogP contribution is -2.50. The maximum atomic E-state index is 6.05. The van der Waals surface area contributed by atoms with Crippen LogP contribution in [0.4, 0.5) is 0 Å². The average molecular weight is 429 g/mol. The van der Waals surface area contributed by atoms with Gasteiger partial charge in [-0.1, -0.05) is 13.8 Å². The van der Waals surface area contributed by atoms with E-state index >= 15 is 0 Å². The first-order valence-electron chi connectivity index (χ1n) is 12.9. The summed E-state index contributed by atoms with van der Waals surface area (Å²) in [6, 6.07) is 1.58. The van der Waals surface area contributed by atoms with Crippen molar-refractivity contribution in [2.45, 2.75) is 115 Å². The largest absolute Gasteiger partial charge is 0.376 e. The van der Waals surface area contributed by atoms with Crippen LogP contribution < -0.4 is 0 Å². The van der Waals surface area contributed by atoms with E-state index in [1.807, 2.05) is 12.4 Å². The maximum Gasteiger partial charge on any atom is 0.131 e. The molecule has 0 amide bonds. The maximum absolute atomic E-state index is 6.05. The summed E-state index contributed by atoms with van der Waals surface area (Å²) >= 11 is 0. The van der Waals surface area contributed by atoms with Crippen molar-refractivity contribution in [2.24, 2.45) is 0 Å². The van der Waals surface area contributed by atoms with Gasteiger partial charge in [0.25, 0.3) is 0 Å². The minimum Gasteiger partial charge on any atom is -0.376 e. The van der Waals surface area contributed by atoms with Crippen LogP contribution in [0.25, 0.3) is 0 Å². The van der Waals surface area contributed by atoms with E-state index in [4.69, 9.17) is 14.7 Å². The van der Waals surface area contributed by atoms with Crippen LogP contribution in [0.1, 0.15) is 102 Å². The van der Waals surface area contributed by atoms with Gasteiger partial charge in [-0.3, -0.25) is 0 Å². The molecule has 0 aromatic carbocycles. The Bertz CT molecular complexity index is 652. The Hall–Kier alpha value is -1.04. The van der Waals surface area contributed by atoms with Crippen LogP contribution in [0.2, 0.25) is 0 Å². The molecule has 1 aromatic rings. The Balaban J connectivity index is 1.18. The van der Waals surface area contributed by atoms with Gasteiger partial charge < -0.3 is 14.5 Å². The third kappa shape index (κ3) is 6.06. The Morgan fingerprint density at radius 1 is 0.742 bits per heavy atom. The van der Waals surface area contributed by atoms with E-state index in [9.17, 15) is 0 Å². The SMILES string of the molecule is CC(C)O[C@H]1CC[C@@H](N2CCC(N3CCC(c4ncc(C(C)C)cn4)CC3)CC2)CC1. The number of aromatic nitrogens is 2. The first-order valence-corrected chi connectivity index (χ1v) is 12.9. The van der Waals surface area contributed by atoms with Crippen molar-refractivity contribution in [1.82, 2.24) is 19.8 Å². The predicted octanol–water partition coefficient (Wildman–Crippen LogP) is 4.98. The Morgan fingerprint density at radius 3 is 1.77 bits per heavy atom. The van der Waals surface area contributed by atoms with E-state index in [0.29, 0.717) is 24.0 Å². The van der Waals surface area contributed by atoms with E-state index in [2.05, 4.69) is 37.5 Å². The fraction of sp³-hybridized carbons (Fsp3) is 0.846. The van der Waals surface area contributed by atoms with Crippen molar-refractivity contribution in [3.63, 3.8) is 0 Å². The molecule has 0 atom stereocenters. The van der Waals surface area contributed by atoms with E-state index in [1.54, 1.807) is 0 Å². The first kappa shape index (κ1) is 23.1. The van der Waals surface area contributed by atoms with Crippen molar-refractivity contribution in [1.29, 1.82) is 0 Å². The summed E-state index contributed by atoms with van der Waals surface area (Å²) in [4.78, 5) is 15.0. The molecule has 0 spiro atoms. The normalized spacial score (nSPS) is 27.9. The molecule has 3 aliphatic rings. The predicted molar refractivity (Wildman–Crippen MR) is 127 cm³/mol. The van der Waals surface area contributed by atoms with Gasteiger partial charge in [-0.15, -0.1) is 0 Å². The molecule has 1 aromatic heterocycles. The van der Waals surface area contributed by atoms with Crippen molar-refractivity contribution >= 4 is 0 Å². The molecule has 3 fully saturated rings. The van der Waals surface area contributed by atoms with Crippen molar-refractivity contribution in [2.75, 3.05) is 26.2 Å². The molecule has 1 saturated carbocycles. The van der Waals surface area contributed by atoms with Crippen LogP contribution in [0, 0.1) is 0 Å². The zero-order chi connectivity index (χ0) is 21.8. The van der Waals surface area contributed by atoms with Crippen LogP contribution in [0.15, 0.2) is 12.4 Å². The monoisotopic (exact) mass is 428 g/mol. The van der Waals surface area contributed by atoms with Crippen molar-refractivity contribution in [3.05, 3.63) is 23.8 Å². The minimum atomic E-state index is 0.368. The summed E-state index contributed by atoms with van der Waals surface area (Å²) in [5.74, 6) is 2.11. The van der Waals surface area contributed by atoms with E-state index in [0.717, 1.165) is 17.9 Å². The highest BCUT2D eigenvalue weighted by molar-refractivity contribution is 5.11. The van der Waals surface area contributed by atoms with Gasteiger partial charge in [-0.25, -0.2) is 9.97 Å². The van der Waals surface area contributed by atoms with Gasteiger partial charge in [0.15, 0.2) is 0 Å². The second-order valence-electron chi connectivity index (χ2n) is 10.7. The second kappa shape index (κ2) is 10.7. The molecule has 0 unspecified atom stereocenters. The Labute approximate surface area is 190 Å². The molecule has 5 nitrogen and oxygen atoms in total. The zero-order valence-corrected chi connectivity index (χ0v) is 20.3. The van der Waals surface area contributed by atoms with Crippen LogP contribution in [0.5, 0.6) is 0 Å². The fourth-order valence-electron chi connectivity index (χ4n) is 5.93. The zero-order valence-electron chi connectivity index (χ0n) is 20.3. The second-order valence-corrected chi connectivity index (χ2v) is 10.7. The Morgan fingerprint density at radius 2 is 1.26 bits per heavy atom. The first-order chi connectivity index (χ1) is 15.0. The van der Waals surface area contributed by atoms with E-state index in [-0.39, 0.29) is 0 Å². The molecule has 0 radical (unpaired) electrons. The highest BCUT2D eigenvalue weighted by Crippen LogP contribution is 2.32. The number of nitrogens with zero attached hydrogens (tertiary/aromatic N) is 4. The highest BCUT2D eigenvalue weighted by atomic mass is 16.5. The number of hydrogen-bond donors (Lipinski definition) is 0. The third-order valence-electron chi connectivity index (χ3n) is 7.89. The number of hydrogen-bond acceptors (Lipinski definition) is 5. The highest BCUT2D eigenvalue weighted by Gasteiger charge is 2.33. The van der Waals surface area contributed by atoms with Crippen LogP contribution in [0.3, 0.4) is 0 Å². The minimum absolute atomic E-state index is 0.368. The summed E-state index contributed by atoms with van der Waals surface area (Å²) in [5, 5.41) is 0. The number of piperidine rings is 2. The quantitative estimate of drug-likeness (QED) is 0.639. The average Bonchev–Trinajstić information content (AvgIpc) is 2.79. The van der Waals surface area contributed by atoms with Gasteiger partial charge in [-0.05, 0) is 103 Å². The van der Waals surface area contributed by atoms with Gasteiger partial charge in [0, 0.05) is 30.4 Å². The summed E-state index contributed by atoms with van der Waals surface area (Å²) in [5.41, 5.74) is 1.24. The molecule has 0 N–H and O–H groups in total. The fourth-order valence-corrected chi connectivity index (χ4v) is 5.93. The topological polar surface area (TPSA) is 41.5 Å². The lowest BCUT2D eigenvalue weighted by molar-refractivity contribution is -0.0308. The van der Waals surface area contributed by atoms with E-state index < -0.39 is 0 Å². The Kier molecular flexibility index (Phi) is 8.00. The van der Waals surface area contributed by atoms with E-state index in [1.165, 1.54) is 83.1 Å². The lowest BCUT2D eigenvalue weighted by Gasteiger charge is -2.45. The number of ether oxygens (including phenoxy) is 1. The molecule has 0 bridgehead atoms. The summed E-state index contributed by atoms with van der Waals surface area (Å²) in [6.07, 6.45) is 15.2. The van der Waals surface area contributed by atoms with Gasteiger partial charge >= 0.3 is 0 Å². The summed E-state index contributed by atoms with van der Waals surface area (Å²) < 4.78 is 6.05. The van der Waals surface area contributed by atoms with Gasteiger partial charge in [-0.2, -0.15) is 0 Å². The molecule has 3 heterocycles. The van der Waals surface area contributed by atoms with Gasteiger partial charge in [0.05, 0.1) is 12.2 Å². The molecule has 174 valence electrons. The smallest absolute Gasteiger partial charge is 0.131 e. The number of rotatable bonds is 6. The van der Waals surface area contributed by atoms with Gasteiger partial charge in [0.1, 0.15) is 5.82 Å². The lowest BCUT2D eigenvalue weighted by atomic mass is 9.89. The van der Waals surface area contributed by atoms with Crippen molar-refractivity contribution in [3.8, 4) is 0 Å². The molecule has 2 aliphatic heterocycles. The van der Waals surface area contributed by atoms with Crippen LogP contribution in [-0.4, -0.2) is 70.2 Å². The third-order valence-corrected chi connectivity index (χ3v) is 7.89. The molecular weight excluding hydrogens is 384 g/mol. The standard InChI is InChI=1S/C26H44N4O/c1-19(2)22-17-27-26(28-18-22)21-9-13-29(14-10-21)24-11-15-30(16-12-24)23-5-7-25(8-6-23)31-20(3)4/h17-21,23-25H,5-16H2,1-4H3/t23-,25+. The summed E-state index contributed by atoms with van der Waals surface area (Å²) in [6.45, 7) is 13.7. The molecule has 5 heteroatoms. The molecular formula is C26H44N4O. The van der Waals surface area contributed by atoms with Gasteiger partial charge in [0.2, 0.25) is 0 Å².